The lowest BCUT2D eigenvalue weighted by molar-refractivity contribution is -0.138. The number of allylic oxidation sites excluding steroid dienone is 1. The number of nitrogens with one attached hydrogen (secondary N) is 1. The monoisotopic (exact) mass is 366 g/mol. The van der Waals surface area contributed by atoms with Crippen molar-refractivity contribution in [3.63, 3.8) is 0 Å². The lowest BCUT2D eigenvalue weighted by Gasteiger charge is -2.24. The molecule has 2 rings (SSSR count). The van der Waals surface area contributed by atoms with Gasteiger partial charge in [0.05, 0.1) is 25.6 Å². The molecular weight excluding hydrogens is 345 g/mol. The number of sulfonamides is 1. The smallest absolute Gasteiger partial charge is 0.335 e. The molecule has 1 atom stereocenters. The van der Waals surface area contributed by atoms with Crippen LogP contribution in [0.2, 0.25) is 5.02 Å². The third-order valence-corrected chi connectivity index (χ3v) is 5.37. The Labute approximate surface area is 146 Å². The molecule has 8 heteroatoms. The summed E-state index contributed by atoms with van der Waals surface area (Å²) in [7, 11) is -4.25. The fourth-order valence-corrected chi connectivity index (χ4v) is 4.19. The fraction of sp³-hybridized carbons (Fsp3) is 0.400. The molecule has 0 heterocycles. The molecule has 126 valence electrons. The van der Waals surface area contributed by atoms with Crippen LogP contribution in [0.1, 0.15) is 33.0 Å². The third-order valence-electron chi connectivity index (χ3n) is 3.32. The minimum atomic E-state index is -4.25. The van der Waals surface area contributed by atoms with Crippen molar-refractivity contribution in [2.45, 2.75) is 31.4 Å². The Kier molecular flexibility index (Phi) is 3.77. The van der Waals surface area contributed by atoms with Crippen molar-refractivity contribution in [3.8, 4) is 0 Å². The summed E-state index contributed by atoms with van der Waals surface area (Å²) >= 11 is 5.83. The predicted molar refractivity (Wildman–Crippen MR) is 86.3 cm³/mol. The second-order valence-corrected chi connectivity index (χ2v) is 7.11. The average Bonchev–Trinajstić information content (AvgIpc) is 2.56. The van der Waals surface area contributed by atoms with Crippen LogP contribution in [0.5, 0.6) is 0 Å². The van der Waals surface area contributed by atoms with Gasteiger partial charge in [-0.3, -0.25) is 4.72 Å². The van der Waals surface area contributed by atoms with Crippen LogP contribution in [0.25, 0.3) is 0 Å². The highest BCUT2D eigenvalue weighted by Gasteiger charge is 2.35. The number of hydrogen-bond donors (Lipinski definition) is 1. The number of hydrogen-bond acceptors (Lipinski definition) is 4. The van der Waals surface area contributed by atoms with Crippen molar-refractivity contribution in [3.05, 3.63) is 40.7 Å². The molecule has 0 fully saturated rings. The normalized spacial score (nSPS) is 22.6. The second kappa shape index (κ2) is 7.31. The molecule has 23 heavy (non-hydrogen) atoms. The summed E-state index contributed by atoms with van der Waals surface area (Å²) in [6.45, 7) is -6.53. The maximum absolute atomic E-state index is 13.1. The maximum atomic E-state index is 13.1. The lowest BCUT2D eigenvalue weighted by atomic mass is 9.99. The quantitative estimate of drug-likeness (QED) is 0.812. The summed E-state index contributed by atoms with van der Waals surface area (Å²) in [5, 5.41) is -1.60. The topological polar surface area (TPSA) is 72.5 Å². The van der Waals surface area contributed by atoms with E-state index in [1.165, 1.54) is 6.08 Å². The van der Waals surface area contributed by atoms with E-state index in [0.29, 0.717) is 12.8 Å². The van der Waals surface area contributed by atoms with Gasteiger partial charge in [-0.2, -0.15) is 0 Å². The van der Waals surface area contributed by atoms with Crippen LogP contribution in [0.3, 0.4) is 0 Å². The highest BCUT2D eigenvalue weighted by molar-refractivity contribution is 7.93. The summed E-state index contributed by atoms with van der Waals surface area (Å²) in [5.41, 5.74) is -0.468. The predicted octanol–water partition coefficient (Wildman–Crippen LogP) is 3.26. The molecule has 1 aromatic carbocycles. The highest BCUT2D eigenvalue weighted by Crippen LogP contribution is 2.30. The van der Waals surface area contributed by atoms with E-state index >= 15 is 0 Å². The van der Waals surface area contributed by atoms with Crippen LogP contribution in [-0.2, 0) is 19.6 Å². The molecule has 1 aromatic rings. The van der Waals surface area contributed by atoms with Gasteiger partial charge in [0.2, 0.25) is 10.0 Å². The van der Waals surface area contributed by atoms with Gasteiger partial charge in [0.25, 0.3) is 0 Å². The molecule has 0 saturated carbocycles. The van der Waals surface area contributed by atoms with E-state index < -0.39 is 40.5 Å². The summed E-state index contributed by atoms with van der Waals surface area (Å²) in [4.78, 5) is 12.3. The van der Waals surface area contributed by atoms with Crippen molar-refractivity contribution < 1.29 is 29.2 Å². The molecule has 0 spiro atoms. The Morgan fingerprint density at radius 2 is 2.39 bits per heavy atom. The summed E-state index contributed by atoms with van der Waals surface area (Å²) in [6.07, 6.45) is 2.06. The molecular formula is C15H17ClFNO4S. The van der Waals surface area contributed by atoms with E-state index in [1.54, 1.807) is 0 Å². The van der Waals surface area contributed by atoms with Crippen molar-refractivity contribution in [2.75, 3.05) is 11.3 Å². The van der Waals surface area contributed by atoms with Crippen LogP contribution < -0.4 is 4.72 Å². The summed E-state index contributed by atoms with van der Waals surface area (Å²) in [6, 6.07) is 3.03. The molecule has 0 saturated heterocycles. The van der Waals surface area contributed by atoms with E-state index in [4.69, 9.17) is 18.5 Å². The van der Waals surface area contributed by atoms with Gasteiger partial charge in [-0.25, -0.2) is 17.6 Å². The fourth-order valence-electron chi connectivity index (χ4n) is 2.29. The van der Waals surface area contributed by atoms with Gasteiger partial charge >= 0.3 is 5.97 Å². The molecule has 1 aliphatic rings. The van der Waals surface area contributed by atoms with Gasteiger partial charge < -0.3 is 4.74 Å². The van der Waals surface area contributed by atoms with E-state index in [1.807, 2.05) is 0 Å². The van der Waals surface area contributed by atoms with Gasteiger partial charge in [0, 0.05) is 4.11 Å². The largest absolute Gasteiger partial charge is 0.463 e. The Balaban J connectivity index is 2.28. The van der Waals surface area contributed by atoms with Crippen LogP contribution >= 0.6 is 11.6 Å². The van der Waals surface area contributed by atoms with Gasteiger partial charge in [-0.1, -0.05) is 17.7 Å². The zero-order valence-electron chi connectivity index (χ0n) is 16.8. The molecule has 0 bridgehead atoms. The molecule has 0 unspecified atom stereocenters. The van der Waals surface area contributed by atoms with Crippen molar-refractivity contribution >= 4 is 33.3 Å². The SMILES string of the molecule is [2H]C([2H])([2H])C([2H])([2H])OC(=O)C1=CCCC[C@H]1S(=O)(=O)Nc1ccc(F)cc1Cl. The first-order valence-corrected chi connectivity index (χ1v) is 8.57. The number of carbonyl (C=O) groups is 1. The maximum Gasteiger partial charge on any atom is 0.335 e. The third kappa shape index (κ3) is 4.23. The highest BCUT2D eigenvalue weighted by atomic mass is 35.5. The van der Waals surface area contributed by atoms with E-state index in [2.05, 4.69) is 9.46 Å². The standard InChI is InChI=1S/C15H17ClFNO4S/c1-2-22-15(19)11-5-3-4-6-14(11)23(20,21)18-13-8-7-10(17)9-12(13)16/h5,7-9,14,18H,2-4,6H2,1H3/t14-/m1/s1/i1D3,2D2. The first-order valence-electron chi connectivity index (χ1n) is 9.15. The zero-order chi connectivity index (χ0) is 21.3. The number of rotatable bonds is 5. The van der Waals surface area contributed by atoms with Crippen LogP contribution in [0.4, 0.5) is 10.1 Å². The number of anilines is 1. The van der Waals surface area contributed by atoms with Crippen LogP contribution in [0, 0.1) is 5.82 Å². The number of carbonyl (C=O) groups excluding carboxylic acids is 1. The van der Waals surface area contributed by atoms with E-state index in [0.717, 1.165) is 18.2 Å². The second-order valence-electron chi connectivity index (χ2n) is 4.84. The van der Waals surface area contributed by atoms with Gasteiger partial charge in [-0.05, 0) is 44.3 Å². The average molecular weight is 367 g/mol. The molecule has 1 aliphatic carbocycles. The molecule has 0 aromatic heterocycles. The Hall–Kier alpha value is -1.60. The molecule has 0 amide bonds. The van der Waals surface area contributed by atoms with E-state index in [-0.39, 0.29) is 22.7 Å². The Morgan fingerprint density at radius 3 is 3.09 bits per heavy atom. The first kappa shape index (κ1) is 11.9. The van der Waals surface area contributed by atoms with E-state index in [9.17, 15) is 17.6 Å². The Bertz CT molecular complexity index is 904. The van der Waals surface area contributed by atoms with Gasteiger partial charge in [0.15, 0.2) is 0 Å². The van der Waals surface area contributed by atoms with Crippen molar-refractivity contribution in [2.24, 2.45) is 0 Å². The summed E-state index contributed by atoms with van der Waals surface area (Å²) in [5.74, 6) is -2.04. The zero-order valence-corrected chi connectivity index (χ0v) is 13.4. The van der Waals surface area contributed by atoms with Crippen molar-refractivity contribution in [1.82, 2.24) is 0 Å². The van der Waals surface area contributed by atoms with Crippen LogP contribution in [0.15, 0.2) is 29.8 Å². The van der Waals surface area contributed by atoms with Gasteiger partial charge in [0.1, 0.15) is 11.1 Å². The minimum Gasteiger partial charge on any atom is -0.463 e. The molecule has 0 radical (unpaired) electrons. The number of esters is 1. The molecule has 0 aliphatic heterocycles. The molecule has 1 N–H and O–H groups in total. The molecule has 5 nitrogen and oxygen atoms in total. The minimum absolute atomic E-state index is 0.0197. The lowest BCUT2D eigenvalue weighted by Crippen LogP contribution is -2.34. The Morgan fingerprint density at radius 1 is 1.61 bits per heavy atom. The first-order chi connectivity index (χ1) is 12.7. The van der Waals surface area contributed by atoms with Crippen molar-refractivity contribution in [1.29, 1.82) is 0 Å². The van der Waals surface area contributed by atoms with Crippen LogP contribution in [-0.4, -0.2) is 26.2 Å². The van der Waals surface area contributed by atoms with Gasteiger partial charge in [-0.15, -0.1) is 0 Å². The summed E-state index contributed by atoms with van der Waals surface area (Å²) < 4.78 is 81.3. The number of benzene rings is 1. The number of ether oxygens (including phenoxy) is 1. The number of halogens is 2.